The van der Waals surface area contributed by atoms with Crippen LogP contribution in [0.1, 0.15) is 0 Å². The maximum absolute atomic E-state index is 12.1. The number of nitro benzene ring substituents is 1. The number of halogens is 1. The van der Waals surface area contributed by atoms with E-state index in [0.29, 0.717) is 5.69 Å². The minimum Gasteiger partial charge on any atom is -0.360 e. The number of benzene rings is 2. The van der Waals surface area contributed by atoms with Gasteiger partial charge in [-0.1, -0.05) is 0 Å². The highest BCUT2D eigenvalue weighted by Crippen LogP contribution is 2.16. The van der Waals surface area contributed by atoms with Crippen molar-refractivity contribution in [1.82, 2.24) is 0 Å². The predicted molar refractivity (Wildman–Crippen MR) is 98.2 cm³/mol. The van der Waals surface area contributed by atoms with Crippen LogP contribution < -0.4 is 10.6 Å². The van der Waals surface area contributed by atoms with E-state index in [1.54, 1.807) is 0 Å². The Kier molecular flexibility index (Phi) is 5.86. The Bertz CT molecular complexity index is 824. The molecule has 0 radical (unpaired) electrons. The molecule has 0 aliphatic rings. The molecule has 0 saturated carbocycles. The van der Waals surface area contributed by atoms with E-state index in [-0.39, 0.29) is 11.3 Å². The normalized spacial score (nSPS) is 10.6. The fourth-order valence-electron chi connectivity index (χ4n) is 1.72. The Morgan fingerprint density at radius 2 is 1.71 bits per heavy atom. The molecule has 120 valence electrons. The van der Waals surface area contributed by atoms with E-state index in [1.807, 2.05) is 30.3 Å². The number of nitrogens with zero attached hydrogens (tertiary/aromatic N) is 2. The lowest BCUT2D eigenvalue weighted by Crippen LogP contribution is -2.14. The molecular weight excluding hydrogens is 423 g/mol. The summed E-state index contributed by atoms with van der Waals surface area (Å²) in [6.45, 7) is 0. The number of nitro groups is 1. The molecule has 0 atom stereocenters. The lowest BCUT2D eigenvalue weighted by Gasteiger charge is -2.05. The highest BCUT2D eigenvalue weighted by Gasteiger charge is 2.10. The second kappa shape index (κ2) is 8.07. The zero-order valence-corrected chi connectivity index (χ0v) is 14.4. The van der Waals surface area contributed by atoms with Crippen LogP contribution in [0, 0.1) is 25.0 Å². The van der Waals surface area contributed by atoms with E-state index in [0.717, 1.165) is 9.26 Å². The van der Waals surface area contributed by atoms with Gasteiger partial charge in [0.15, 0.2) is 0 Å². The molecule has 0 fully saturated rings. The van der Waals surface area contributed by atoms with Crippen molar-refractivity contribution in [3.05, 3.63) is 74.0 Å². The molecule has 1 amide bonds. The van der Waals surface area contributed by atoms with Crippen LogP contribution in [0.15, 0.2) is 60.3 Å². The molecule has 2 rings (SSSR count). The molecule has 8 heteroatoms. The second-order valence-corrected chi connectivity index (χ2v) is 5.82. The quantitative estimate of drug-likeness (QED) is 0.246. The van der Waals surface area contributed by atoms with E-state index < -0.39 is 10.8 Å². The van der Waals surface area contributed by atoms with Crippen LogP contribution in [0.3, 0.4) is 0 Å². The highest BCUT2D eigenvalue weighted by atomic mass is 127. The molecule has 0 aromatic heterocycles. The standard InChI is InChI=1S/C16H11IN4O3/c17-12-1-3-13(4-2-12)19-10-11(9-18)16(22)20-14-5-7-15(8-6-14)21(23)24/h1-8,10,19H,(H,20,22)/b11-10-. The SMILES string of the molecule is N#C/C(=C/Nc1ccc(I)cc1)C(=O)Nc1ccc([N+](=O)[O-])cc1. The first-order valence-corrected chi connectivity index (χ1v) is 7.75. The van der Waals surface area contributed by atoms with Gasteiger partial charge in [0.2, 0.25) is 0 Å². The van der Waals surface area contributed by atoms with E-state index in [2.05, 4.69) is 33.2 Å². The van der Waals surface area contributed by atoms with Gasteiger partial charge in [0.1, 0.15) is 11.6 Å². The van der Waals surface area contributed by atoms with Gasteiger partial charge in [-0.3, -0.25) is 14.9 Å². The summed E-state index contributed by atoms with van der Waals surface area (Å²) in [4.78, 5) is 22.1. The number of hydrogen-bond donors (Lipinski definition) is 2. The van der Waals surface area contributed by atoms with Crippen LogP contribution in [-0.4, -0.2) is 10.8 Å². The van der Waals surface area contributed by atoms with Gasteiger partial charge in [0.25, 0.3) is 11.6 Å². The third kappa shape index (κ3) is 4.79. The van der Waals surface area contributed by atoms with Gasteiger partial charge in [-0.15, -0.1) is 0 Å². The van der Waals surface area contributed by atoms with Crippen LogP contribution in [0.25, 0.3) is 0 Å². The molecule has 0 spiro atoms. The van der Waals surface area contributed by atoms with Gasteiger partial charge < -0.3 is 10.6 Å². The number of carbonyl (C=O) groups excluding carboxylic acids is 1. The molecule has 0 heterocycles. The van der Waals surface area contributed by atoms with Crippen LogP contribution in [0.5, 0.6) is 0 Å². The van der Waals surface area contributed by atoms with E-state index >= 15 is 0 Å². The van der Waals surface area contributed by atoms with Crippen LogP contribution >= 0.6 is 22.6 Å². The summed E-state index contributed by atoms with van der Waals surface area (Å²) in [6, 6.07) is 14.6. The van der Waals surface area contributed by atoms with Crippen LogP contribution in [0.4, 0.5) is 17.1 Å². The summed E-state index contributed by atoms with van der Waals surface area (Å²) >= 11 is 2.17. The molecule has 0 aliphatic carbocycles. The Morgan fingerprint density at radius 3 is 2.25 bits per heavy atom. The molecule has 2 aromatic carbocycles. The smallest absolute Gasteiger partial charge is 0.269 e. The average Bonchev–Trinajstić information content (AvgIpc) is 2.57. The molecular formula is C16H11IN4O3. The van der Waals surface area contributed by atoms with Crippen molar-refractivity contribution in [2.75, 3.05) is 10.6 Å². The van der Waals surface area contributed by atoms with Gasteiger partial charge in [-0.25, -0.2) is 0 Å². The van der Waals surface area contributed by atoms with Crippen LogP contribution in [-0.2, 0) is 4.79 Å². The maximum atomic E-state index is 12.1. The molecule has 0 saturated heterocycles. The van der Waals surface area contributed by atoms with Gasteiger partial charge >= 0.3 is 0 Å². The summed E-state index contributed by atoms with van der Waals surface area (Å²) in [7, 11) is 0. The first-order chi connectivity index (χ1) is 11.5. The highest BCUT2D eigenvalue weighted by molar-refractivity contribution is 14.1. The van der Waals surface area contributed by atoms with Crippen molar-refractivity contribution < 1.29 is 9.72 Å². The largest absolute Gasteiger partial charge is 0.360 e. The van der Waals surface area contributed by atoms with Crippen molar-refractivity contribution in [3.8, 4) is 6.07 Å². The Hall–Kier alpha value is -2.93. The molecule has 2 aromatic rings. The van der Waals surface area contributed by atoms with E-state index in [4.69, 9.17) is 5.26 Å². The lowest BCUT2D eigenvalue weighted by molar-refractivity contribution is -0.384. The molecule has 0 bridgehead atoms. The number of carbonyl (C=O) groups is 1. The second-order valence-electron chi connectivity index (χ2n) is 4.58. The summed E-state index contributed by atoms with van der Waals surface area (Å²) in [5.41, 5.74) is 0.906. The fourth-order valence-corrected chi connectivity index (χ4v) is 2.07. The maximum Gasteiger partial charge on any atom is 0.269 e. The Balaban J connectivity index is 2.05. The molecule has 2 N–H and O–H groups in total. The minimum absolute atomic E-state index is 0.0792. The number of nitrogens with one attached hydrogen (secondary N) is 2. The molecule has 0 unspecified atom stereocenters. The number of nitriles is 1. The summed E-state index contributed by atoms with van der Waals surface area (Å²) in [6.07, 6.45) is 1.31. The average molecular weight is 434 g/mol. The monoisotopic (exact) mass is 434 g/mol. The third-order valence-corrected chi connectivity index (χ3v) is 3.65. The van der Waals surface area contributed by atoms with E-state index in [1.165, 1.54) is 30.5 Å². The summed E-state index contributed by atoms with van der Waals surface area (Å²) in [5.74, 6) is -0.607. The minimum atomic E-state index is -0.607. The fraction of sp³-hybridized carbons (Fsp3) is 0. The molecule has 24 heavy (non-hydrogen) atoms. The van der Waals surface area contributed by atoms with Crippen molar-refractivity contribution in [2.24, 2.45) is 0 Å². The van der Waals surface area contributed by atoms with Crippen molar-refractivity contribution in [1.29, 1.82) is 5.26 Å². The van der Waals surface area contributed by atoms with E-state index in [9.17, 15) is 14.9 Å². The summed E-state index contributed by atoms with van der Waals surface area (Å²) < 4.78 is 1.07. The first kappa shape index (κ1) is 17.4. The number of rotatable bonds is 5. The van der Waals surface area contributed by atoms with Crippen LogP contribution in [0.2, 0.25) is 0 Å². The van der Waals surface area contributed by atoms with Gasteiger partial charge in [0, 0.05) is 33.3 Å². The Morgan fingerprint density at radius 1 is 1.12 bits per heavy atom. The van der Waals surface area contributed by atoms with Crippen molar-refractivity contribution in [2.45, 2.75) is 0 Å². The van der Waals surface area contributed by atoms with Crippen molar-refractivity contribution in [3.63, 3.8) is 0 Å². The zero-order valence-electron chi connectivity index (χ0n) is 12.2. The number of hydrogen-bond acceptors (Lipinski definition) is 5. The van der Waals surface area contributed by atoms with Gasteiger partial charge in [0.05, 0.1) is 4.92 Å². The number of non-ortho nitro benzene ring substituents is 1. The third-order valence-electron chi connectivity index (χ3n) is 2.93. The van der Waals surface area contributed by atoms with Crippen molar-refractivity contribution >= 4 is 45.6 Å². The number of amides is 1. The first-order valence-electron chi connectivity index (χ1n) is 6.68. The van der Waals surface area contributed by atoms with Gasteiger partial charge in [-0.05, 0) is 59.0 Å². The zero-order chi connectivity index (χ0) is 17.5. The number of anilines is 2. The topological polar surface area (TPSA) is 108 Å². The summed E-state index contributed by atoms with van der Waals surface area (Å²) in [5, 5.41) is 25.1. The Labute approximate surface area is 151 Å². The molecule has 7 nitrogen and oxygen atoms in total. The van der Waals surface area contributed by atoms with Gasteiger partial charge in [-0.2, -0.15) is 5.26 Å². The lowest BCUT2D eigenvalue weighted by atomic mass is 10.2. The molecule has 0 aliphatic heterocycles. The predicted octanol–water partition coefficient (Wildman–Crippen LogP) is 3.66.